The highest BCUT2D eigenvalue weighted by atomic mass is 35.5. The van der Waals surface area contributed by atoms with Gasteiger partial charge in [-0.25, -0.2) is 0 Å². The molecule has 0 heterocycles. The van der Waals surface area contributed by atoms with E-state index in [-0.39, 0.29) is 0 Å². The second-order valence-electron chi connectivity index (χ2n) is 4.42. The summed E-state index contributed by atoms with van der Waals surface area (Å²) in [5.41, 5.74) is 1.40. The van der Waals surface area contributed by atoms with E-state index < -0.39 is 0 Å². The smallest absolute Gasteiger partial charge is 0.0412 e. The molecule has 0 bridgehead atoms. The van der Waals surface area contributed by atoms with Crippen LogP contribution in [0, 0.1) is 5.92 Å². The lowest BCUT2D eigenvalue weighted by atomic mass is 10.00. The Hall–Kier alpha value is -1.01. The van der Waals surface area contributed by atoms with E-state index in [9.17, 15) is 0 Å². The standard InChI is InChI=1S/C14H15Cl/c1-10(2)7-11-3-4-13-9-14(15)6-5-12(13)8-11/h3-6,8-10H,7H2,1-2H3. The summed E-state index contributed by atoms with van der Waals surface area (Å²) >= 11 is 5.94. The summed E-state index contributed by atoms with van der Waals surface area (Å²) in [6, 6.07) is 12.6. The molecule has 0 atom stereocenters. The van der Waals surface area contributed by atoms with Crippen LogP contribution in [-0.2, 0) is 6.42 Å². The number of hydrogen-bond acceptors (Lipinski definition) is 0. The van der Waals surface area contributed by atoms with Crippen LogP contribution in [0.3, 0.4) is 0 Å². The van der Waals surface area contributed by atoms with Crippen molar-refractivity contribution in [2.75, 3.05) is 0 Å². The Kier molecular flexibility index (Phi) is 2.97. The molecule has 78 valence electrons. The monoisotopic (exact) mass is 218 g/mol. The van der Waals surface area contributed by atoms with Crippen molar-refractivity contribution in [2.24, 2.45) is 5.92 Å². The molecule has 0 aliphatic carbocycles. The third-order valence-electron chi connectivity index (χ3n) is 2.51. The SMILES string of the molecule is CC(C)Cc1ccc2cc(Cl)ccc2c1. The first-order valence-corrected chi connectivity index (χ1v) is 5.71. The van der Waals surface area contributed by atoms with Crippen LogP contribution in [0.15, 0.2) is 36.4 Å². The van der Waals surface area contributed by atoms with E-state index in [0.29, 0.717) is 5.92 Å². The van der Waals surface area contributed by atoms with Gasteiger partial charge in [-0.15, -0.1) is 0 Å². The summed E-state index contributed by atoms with van der Waals surface area (Å²) in [6.07, 6.45) is 1.14. The van der Waals surface area contributed by atoms with Crippen LogP contribution < -0.4 is 0 Å². The number of fused-ring (bicyclic) bond motifs is 1. The van der Waals surface area contributed by atoms with Crippen molar-refractivity contribution in [2.45, 2.75) is 20.3 Å². The van der Waals surface area contributed by atoms with Crippen LogP contribution in [0.5, 0.6) is 0 Å². The van der Waals surface area contributed by atoms with Gasteiger partial charge in [-0.2, -0.15) is 0 Å². The molecule has 0 aromatic heterocycles. The van der Waals surface area contributed by atoms with Crippen molar-refractivity contribution in [3.05, 3.63) is 47.0 Å². The highest BCUT2D eigenvalue weighted by Gasteiger charge is 2.00. The van der Waals surface area contributed by atoms with E-state index in [2.05, 4.69) is 38.1 Å². The molecule has 0 saturated carbocycles. The van der Waals surface area contributed by atoms with E-state index in [1.807, 2.05) is 12.1 Å². The van der Waals surface area contributed by atoms with Crippen molar-refractivity contribution in [1.29, 1.82) is 0 Å². The predicted molar refractivity (Wildman–Crippen MR) is 67.5 cm³/mol. The van der Waals surface area contributed by atoms with Crippen molar-refractivity contribution in [1.82, 2.24) is 0 Å². The van der Waals surface area contributed by atoms with Gasteiger partial charge in [0.25, 0.3) is 0 Å². The Morgan fingerprint density at radius 1 is 1.00 bits per heavy atom. The summed E-state index contributed by atoms with van der Waals surface area (Å²) in [5.74, 6) is 0.703. The molecule has 0 aliphatic rings. The molecular formula is C14H15Cl. The zero-order valence-corrected chi connectivity index (χ0v) is 9.88. The highest BCUT2D eigenvalue weighted by Crippen LogP contribution is 2.21. The normalized spacial score (nSPS) is 11.2. The van der Waals surface area contributed by atoms with Crippen LogP contribution in [0.25, 0.3) is 10.8 Å². The Morgan fingerprint density at radius 3 is 2.40 bits per heavy atom. The Morgan fingerprint density at radius 2 is 1.67 bits per heavy atom. The maximum Gasteiger partial charge on any atom is 0.0412 e. The maximum absolute atomic E-state index is 5.94. The molecule has 0 nitrogen and oxygen atoms in total. The van der Waals surface area contributed by atoms with Gasteiger partial charge in [0.1, 0.15) is 0 Å². The lowest BCUT2D eigenvalue weighted by molar-refractivity contribution is 0.648. The van der Waals surface area contributed by atoms with Gasteiger partial charge in [0, 0.05) is 5.02 Å². The minimum atomic E-state index is 0.703. The van der Waals surface area contributed by atoms with Gasteiger partial charge in [-0.3, -0.25) is 0 Å². The lowest BCUT2D eigenvalue weighted by Crippen LogP contribution is -1.93. The average Bonchev–Trinajstić information content (AvgIpc) is 2.17. The minimum Gasteiger partial charge on any atom is -0.0843 e. The maximum atomic E-state index is 5.94. The molecule has 2 aromatic rings. The predicted octanol–water partition coefficient (Wildman–Crippen LogP) is 4.69. The third-order valence-corrected chi connectivity index (χ3v) is 2.75. The van der Waals surface area contributed by atoms with Crippen molar-refractivity contribution in [3.8, 4) is 0 Å². The van der Waals surface area contributed by atoms with Crippen LogP contribution >= 0.6 is 11.6 Å². The van der Waals surface area contributed by atoms with Gasteiger partial charge >= 0.3 is 0 Å². The Balaban J connectivity index is 2.43. The van der Waals surface area contributed by atoms with Gasteiger partial charge in [-0.05, 0) is 40.8 Å². The summed E-state index contributed by atoms with van der Waals surface area (Å²) in [7, 11) is 0. The number of halogens is 1. The topological polar surface area (TPSA) is 0 Å². The molecule has 0 spiro atoms. The fourth-order valence-corrected chi connectivity index (χ4v) is 2.04. The van der Waals surface area contributed by atoms with E-state index in [4.69, 9.17) is 11.6 Å². The third kappa shape index (κ3) is 2.51. The van der Waals surface area contributed by atoms with Crippen molar-refractivity contribution < 1.29 is 0 Å². The Bertz CT molecular complexity index is 472. The van der Waals surface area contributed by atoms with Crippen LogP contribution in [0.1, 0.15) is 19.4 Å². The molecule has 0 unspecified atom stereocenters. The van der Waals surface area contributed by atoms with Crippen LogP contribution in [0.2, 0.25) is 5.02 Å². The largest absolute Gasteiger partial charge is 0.0843 e. The van der Waals surface area contributed by atoms with E-state index >= 15 is 0 Å². The van der Waals surface area contributed by atoms with E-state index in [1.54, 1.807) is 0 Å². The molecular weight excluding hydrogens is 204 g/mol. The first kappa shape index (κ1) is 10.5. The zero-order chi connectivity index (χ0) is 10.8. The molecule has 0 radical (unpaired) electrons. The van der Waals surface area contributed by atoms with Crippen molar-refractivity contribution in [3.63, 3.8) is 0 Å². The highest BCUT2D eigenvalue weighted by molar-refractivity contribution is 6.31. The first-order valence-electron chi connectivity index (χ1n) is 5.33. The van der Waals surface area contributed by atoms with Crippen molar-refractivity contribution >= 4 is 22.4 Å². The van der Waals surface area contributed by atoms with E-state index in [0.717, 1.165) is 11.4 Å². The number of benzene rings is 2. The fourth-order valence-electron chi connectivity index (χ4n) is 1.86. The number of rotatable bonds is 2. The second kappa shape index (κ2) is 4.24. The second-order valence-corrected chi connectivity index (χ2v) is 4.86. The molecule has 2 aromatic carbocycles. The van der Waals surface area contributed by atoms with Crippen LogP contribution in [-0.4, -0.2) is 0 Å². The average molecular weight is 219 g/mol. The molecule has 0 saturated heterocycles. The minimum absolute atomic E-state index is 0.703. The van der Waals surface area contributed by atoms with Gasteiger partial charge in [0.05, 0.1) is 0 Å². The van der Waals surface area contributed by atoms with Gasteiger partial charge < -0.3 is 0 Å². The van der Waals surface area contributed by atoms with Gasteiger partial charge in [-0.1, -0.05) is 49.7 Å². The Labute approximate surface area is 95.9 Å². The number of hydrogen-bond donors (Lipinski definition) is 0. The molecule has 2 rings (SSSR count). The molecule has 0 aliphatic heterocycles. The first-order chi connectivity index (χ1) is 7.15. The van der Waals surface area contributed by atoms with Gasteiger partial charge in [0.2, 0.25) is 0 Å². The summed E-state index contributed by atoms with van der Waals surface area (Å²) in [5, 5.41) is 3.30. The fraction of sp³-hybridized carbons (Fsp3) is 0.286. The van der Waals surface area contributed by atoms with Crippen LogP contribution in [0.4, 0.5) is 0 Å². The van der Waals surface area contributed by atoms with E-state index in [1.165, 1.54) is 16.3 Å². The zero-order valence-electron chi connectivity index (χ0n) is 9.13. The van der Waals surface area contributed by atoms with Gasteiger partial charge in [0.15, 0.2) is 0 Å². The molecule has 0 N–H and O–H groups in total. The molecule has 1 heteroatoms. The molecule has 0 amide bonds. The summed E-state index contributed by atoms with van der Waals surface area (Å²) in [4.78, 5) is 0. The molecule has 0 fully saturated rings. The summed E-state index contributed by atoms with van der Waals surface area (Å²) < 4.78 is 0. The molecule has 15 heavy (non-hydrogen) atoms. The summed E-state index contributed by atoms with van der Waals surface area (Å²) in [6.45, 7) is 4.48. The quantitative estimate of drug-likeness (QED) is 0.686. The lowest BCUT2D eigenvalue weighted by Gasteiger charge is -2.06.